The fourth-order valence-electron chi connectivity index (χ4n) is 1.76. The number of unbranched alkanes of at least 4 members (excludes halogenated alkanes) is 3. The first-order valence-corrected chi connectivity index (χ1v) is 6.49. The maximum Gasteiger partial charge on any atom is 0.109 e. The number of hydrogen-bond donors (Lipinski definition) is 3. The molecule has 0 aliphatic carbocycles. The third-order valence-corrected chi connectivity index (χ3v) is 2.87. The molecule has 4 nitrogen and oxygen atoms in total. The summed E-state index contributed by atoms with van der Waals surface area (Å²) in [5, 5.41) is 19.5. The number of rotatable bonds is 10. The minimum absolute atomic E-state index is 0.524. The zero-order valence-corrected chi connectivity index (χ0v) is 10.7. The van der Waals surface area contributed by atoms with Gasteiger partial charge in [0.2, 0.25) is 0 Å². The Kier molecular flexibility index (Phi) is 9.92. The number of aliphatic hydroxyl groups excluding tert-OH is 2. The van der Waals surface area contributed by atoms with Gasteiger partial charge in [-0.05, 0) is 32.2 Å². The normalized spacial score (nSPS) is 15.4. The lowest BCUT2D eigenvalue weighted by Crippen LogP contribution is -2.43. The molecule has 0 fully saturated rings. The Hall–Kier alpha value is -0.160. The van der Waals surface area contributed by atoms with Gasteiger partial charge in [0.05, 0.1) is 0 Å². The van der Waals surface area contributed by atoms with Crippen molar-refractivity contribution in [3.05, 3.63) is 0 Å². The average molecular weight is 232 g/mol. The molecule has 0 saturated carbocycles. The predicted octanol–water partition coefficient (Wildman–Crippen LogP) is 1.26. The molecule has 0 aromatic heterocycles. The largest absolute Gasteiger partial charge is 0.378 e. The van der Waals surface area contributed by atoms with Crippen molar-refractivity contribution in [2.24, 2.45) is 5.73 Å². The molecule has 0 radical (unpaired) electrons. The second-order valence-corrected chi connectivity index (χ2v) is 4.22. The molecule has 0 bridgehead atoms. The third-order valence-electron chi connectivity index (χ3n) is 2.87. The molecule has 0 aliphatic heterocycles. The predicted molar refractivity (Wildman–Crippen MR) is 66.8 cm³/mol. The molecule has 2 atom stereocenters. The van der Waals surface area contributed by atoms with E-state index in [9.17, 15) is 10.2 Å². The molecule has 0 amide bonds. The zero-order chi connectivity index (χ0) is 12.4. The summed E-state index contributed by atoms with van der Waals surface area (Å²) in [6.45, 7) is 5.36. The van der Waals surface area contributed by atoms with Gasteiger partial charge < -0.3 is 15.9 Å². The van der Waals surface area contributed by atoms with Crippen molar-refractivity contribution in [2.45, 2.75) is 64.8 Å². The van der Waals surface area contributed by atoms with E-state index in [1.54, 1.807) is 4.90 Å². The SMILES string of the molecule is CCC(O)N(CCCCCCN)C(O)CC. The van der Waals surface area contributed by atoms with Gasteiger partial charge in [-0.1, -0.05) is 26.7 Å². The van der Waals surface area contributed by atoms with Crippen LogP contribution < -0.4 is 5.73 Å². The lowest BCUT2D eigenvalue weighted by Gasteiger charge is -2.31. The summed E-state index contributed by atoms with van der Waals surface area (Å²) in [7, 11) is 0. The summed E-state index contributed by atoms with van der Waals surface area (Å²) < 4.78 is 0. The molecule has 2 unspecified atom stereocenters. The van der Waals surface area contributed by atoms with Crippen LogP contribution in [0.4, 0.5) is 0 Å². The van der Waals surface area contributed by atoms with Gasteiger partial charge in [0.25, 0.3) is 0 Å². The lowest BCUT2D eigenvalue weighted by molar-refractivity contribution is -0.104. The van der Waals surface area contributed by atoms with Crippen LogP contribution in [0.3, 0.4) is 0 Å². The summed E-state index contributed by atoms with van der Waals surface area (Å²) >= 11 is 0. The Labute approximate surface area is 99.4 Å². The maximum atomic E-state index is 9.77. The van der Waals surface area contributed by atoms with Crippen LogP contribution in [0, 0.1) is 0 Å². The molecular formula is C12H28N2O2. The molecule has 0 aromatic rings. The van der Waals surface area contributed by atoms with E-state index in [0.717, 1.165) is 38.8 Å². The van der Waals surface area contributed by atoms with Gasteiger partial charge in [-0.25, -0.2) is 0 Å². The molecule has 0 rings (SSSR count). The van der Waals surface area contributed by atoms with Gasteiger partial charge in [-0.2, -0.15) is 0 Å². The van der Waals surface area contributed by atoms with E-state index >= 15 is 0 Å². The Morgan fingerprint density at radius 3 is 1.88 bits per heavy atom. The quantitative estimate of drug-likeness (QED) is 0.392. The zero-order valence-electron chi connectivity index (χ0n) is 10.7. The smallest absolute Gasteiger partial charge is 0.109 e. The monoisotopic (exact) mass is 232 g/mol. The van der Waals surface area contributed by atoms with E-state index in [1.165, 1.54) is 0 Å². The van der Waals surface area contributed by atoms with Gasteiger partial charge >= 0.3 is 0 Å². The van der Waals surface area contributed by atoms with Gasteiger partial charge in [-0.15, -0.1) is 0 Å². The van der Waals surface area contributed by atoms with E-state index in [4.69, 9.17) is 5.73 Å². The van der Waals surface area contributed by atoms with Gasteiger partial charge in [0, 0.05) is 6.54 Å². The lowest BCUT2D eigenvalue weighted by atomic mass is 10.1. The number of nitrogens with two attached hydrogens (primary N) is 1. The first-order valence-electron chi connectivity index (χ1n) is 6.49. The van der Waals surface area contributed by atoms with E-state index in [-0.39, 0.29) is 0 Å². The molecule has 4 heteroatoms. The highest BCUT2D eigenvalue weighted by Crippen LogP contribution is 2.10. The van der Waals surface area contributed by atoms with Gasteiger partial charge in [0.1, 0.15) is 12.5 Å². The summed E-state index contributed by atoms with van der Waals surface area (Å²) in [6.07, 6.45) is 4.57. The van der Waals surface area contributed by atoms with Gasteiger partial charge in [-0.3, -0.25) is 4.90 Å². The summed E-state index contributed by atoms with van der Waals surface area (Å²) in [5.41, 5.74) is 5.42. The van der Waals surface area contributed by atoms with Crippen LogP contribution in [0.15, 0.2) is 0 Å². The van der Waals surface area contributed by atoms with Crippen molar-refractivity contribution in [3.8, 4) is 0 Å². The minimum atomic E-state index is -0.524. The van der Waals surface area contributed by atoms with E-state index in [2.05, 4.69) is 0 Å². The van der Waals surface area contributed by atoms with Crippen LogP contribution in [0.1, 0.15) is 52.4 Å². The van der Waals surface area contributed by atoms with E-state index in [1.807, 2.05) is 13.8 Å². The van der Waals surface area contributed by atoms with Crippen molar-refractivity contribution in [1.82, 2.24) is 4.90 Å². The van der Waals surface area contributed by atoms with E-state index < -0.39 is 12.5 Å². The number of nitrogens with zero attached hydrogens (tertiary/aromatic N) is 1. The first-order chi connectivity index (χ1) is 7.67. The van der Waals surface area contributed by atoms with Crippen molar-refractivity contribution in [1.29, 1.82) is 0 Å². The molecular weight excluding hydrogens is 204 g/mol. The van der Waals surface area contributed by atoms with Crippen LogP contribution in [0.5, 0.6) is 0 Å². The fourth-order valence-corrected chi connectivity index (χ4v) is 1.76. The minimum Gasteiger partial charge on any atom is -0.378 e. The molecule has 0 heterocycles. The maximum absolute atomic E-state index is 9.77. The van der Waals surface area contributed by atoms with Crippen molar-refractivity contribution >= 4 is 0 Å². The Morgan fingerprint density at radius 1 is 0.938 bits per heavy atom. The number of aliphatic hydroxyl groups is 2. The molecule has 0 aromatic carbocycles. The summed E-state index contributed by atoms with van der Waals surface area (Å²) in [6, 6.07) is 0. The van der Waals surface area contributed by atoms with Crippen molar-refractivity contribution in [3.63, 3.8) is 0 Å². The average Bonchev–Trinajstić information content (AvgIpc) is 2.32. The topological polar surface area (TPSA) is 69.7 Å². The molecule has 0 saturated heterocycles. The molecule has 0 aliphatic rings. The molecule has 16 heavy (non-hydrogen) atoms. The van der Waals surface area contributed by atoms with E-state index in [0.29, 0.717) is 12.8 Å². The van der Waals surface area contributed by atoms with Crippen LogP contribution in [-0.4, -0.2) is 40.7 Å². The third kappa shape index (κ3) is 6.43. The molecule has 4 N–H and O–H groups in total. The van der Waals surface area contributed by atoms with Crippen LogP contribution in [0.25, 0.3) is 0 Å². The second kappa shape index (κ2) is 10.0. The highest BCUT2D eigenvalue weighted by atomic mass is 16.3. The summed E-state index contributed by atoms with van der Waals surface area (Å²) in [5.74, 6) is 0. The molecule has 0 spiro atoms. The van der Waals surface area contributed by atoms with Crippen LogP contribution in [-0.2, 0) is 0 Å². The van der Waals surface area contributed by atoms with Gasteiger partial charge in [0.15, 0.2) is 0 Å². The fraction of sp³-hybridized carbons (Fsp3) is 1.00. The Balaban J connectivity index is 3.83. The highest BCUT2D eigenvalue weighted by Gasteiger charge is 2.19. The second-order valence-electron chi connectivity index (χ2n) is 4.22. The highest BCUT2D eigenvalue weighted by molar-refractivity contribution is 4.64. The standard InChI is InChI=1S/C12H28N2O2/c1-3-11(15)14(12(16)4-2)10-8-6-5-7-9-13/h11-12,15-16H,3-10,13H2,1-2H3. The van der Waals surface area contributed by atoms with Crippen LogP contribution >= 0.6 is 0 Å². The Morgan fingerprint density at radius 2 is 1.44 bits per heavy atom. The van der Waals surface area contributed by atoms with Crippen molar-refractivity contribution in [2.75, 3.05) is 13.1 Å². The first kappa shape index (κ1) is 15.8. The summed E-state index contributed by atoms with van der Waals surface area (Å²) in [4.78, 5) is 1.78. The number of hydrogen-bond acceptors (Lipinski definition) is 4. The van der Waals surface area contributed by atoms with Crippen LogP contribution in [0.2, 0.25) is 0 Å². The Bertz CT molecular complexity index is 146. The van der Waals surface area contributed by atoms with Crippen molar-refractivity contribution < 1.29 is 10.2 Å². The molecule has 98 valence electrons.